The Morgan fingerprint density at radius 1 is 0.941 bits per heavy atom. The van der Waals surface area contributed by atoms with E-state index in [4.69, 9.17) is 4.74 Å². The van der Waals surface area contributed by atoms with Crippen LogP contribution in [0, 0.1) is 0 Å². The summed E-state index contributed by atoms with van der Waals surface area (Å²) < 4.78 is 5.00. The average Bonchev–Trinajstić information content (AvgIpc) is 2.84. The first-order valence-electron chi connectivity index (χ1n) is 11.1. The second kappa shape index (κ2) is 14.0. The lowest BCUT2D eigenvalue weighted by molar-refractivity contribution is -0.144. The zero-order chi connectivity index (χ0) is 24.9. The standard InChI is InChI=1S/C25H31N3O5S/c1-4-28(5-2)23(30)16-34-17-24(31)33-15-22(29)27-21-14-10-9-13-20(21)25(32)26-18(3)19-11-7-6-8-12-19/h6-14,18H,4-5,15-17H2,1-3H3,(H,26,32)(H,27,29). The molecule has 0 aliphatic heterocycles. The van der Waals surface area contributed by atoms with E-state index < -0.39 is 18.5 Å². The van der Waals surface area contributed by atoms with Crippen molar-refractivity contribution in [3.05, 3.63) is 65.7 Å². The summed E-state index contributed by atoms with van der Waals surface area (Å²) in [5, 5.41) is 5.54. The number of nitrogens with zero attached hydrogens (tertiary/aromatic N) is 1. The number of thioether (sulfide) groups is 1. The first-order valence-corrected chi connectivity index (χ1v) is 12.3. The Balaban J connectivity index is 1.83. The van der Waals surface area contributed by atoms with Gasteiger partial charge in [0.1, 0.15) is 0 Å². The molecule has 2 aromatic carbocycles. The molecular formula is C25H31N3O5S. The van der Waals surface area contributed by atoms with Crippen LogP contribution < -0.4 is 10.6 Å². The minimum absolute atomic E-state index is 0.0311. The van der Waals surface area contributed by atoms with Crippen LogP contribution in [0.2, 0.25) is 0 Å². The summed E-state index contributed by atoms with van der Waals surface area (Å²) in [6, 6.07) is 15.9. The number of para-hydroxylation sites is 1. The van der Waals surface area contributed by atoms with Gasteiger partial charge in [0.2, 0.25) is 5.91 Å². The molecule has 0 saturated carbocycles. The highest BCUT2D eigenvalue weighted by molar-refractivity contribution is 8.00. The first kappa shape index (κ1) is 26.9. The van der Waals surface area contributed by atoms with E-state index in [1.54, 1.807) is 29.2 Å². The minimum Gasteiger partial charge on any atom is -0.455 e. The normalized spacial score (nSPS) is 11.3. The summed E-state index contributed by atoms with van der Waals surface area (Å²) in [6.07, 6.45) is 0. The van der Waals surface area contributed by atoms with Crippen molar-refractivity contribution >= 4 is 41.1 Å². The van der Waals surface area contributed by atoms with Gasteiger partial charge >= 0.3 is 5.97 Å². The Labute approximate surface area is 204 Å². The zero-order valence-electron chi connectivity index (χ0n) is 19.7. The Morgan fingerprint density at radius 2 is 1.59 bits per heavy atom. The van der Waals surface area contributed by atoms with Crippen molar-refractivity contribution in [2.45, 2.75) is 26.8 Å². The van der Waals surface area contributed by atoms with Gasteiger partial charge in [0.25, 0.3) is 11.8 Å². The van der Waals surface area contributed by atoms with Crippen LogP contribution in [-0.4, -0.2) is 59.8 Å². The molecule has 2 rings (SSSR count). The molecule has 0 radical (unpaired) electrons. The molecule has 3 amide bonds. The fraction of sp³-hybridized carbons (Fsp3) is 0.360. The highest BCUT2D eigenvalue weighted by atomic mass is 32.2. The molecule has 182 valence electrons. The van der Waals surface area contributed by atoms with E-state index in [1.807, 2.05) is 51.1 Å². The van der Waals surface area contributed by atoms with Crippen molar-refractivity contribution in [2.75, 3.05) is 36.5 Å². The summed E-state index contributed by atoms with van der Waals surface area (Å²) >= 11 is 1.14. The molecule has 1 unspecified atom stereocenters. The first-order chi connectivity index (χ1) is 16.3. The van der Waals surface area contributed by atoms with E-state index in [2.05, 4.69) is 10.6 Å². The number of carbonyl (C=O) groups excluding carboxylic acids is 4. The molecule has 9 heteroatoms. The van der Waals surface area contributed by atoms with Crippen molar-refractivity contribution in [2.24, 2.45) is 0 Å². The second-order valence-electron chi connectivity index (χ2n) is 7.42. The van der Waals surface area contributed by atoms with E-state index in [0.717, 1.165) is 17.3 Å². The van der Waals surface area contributed by atoms with Crippen LogP contribution in [0.15, 0.2) is 54.6 Å². The molecule has 2 aromatic rings. The SMILES string of the molecule is CCN(CC)C(=O)CSCC(=O)OCC(=O)Nc1ccccc1C(=O)NC(C)c1ccccc1. The number of benzene rings is 2. The van der Waals surface area contributed by atoms with Crippen LogP contribution in [0.1, 0.15) is 42.7 Å². The molecule has 0 bridgehead atoms. The summed E-state index contributed by atoms with van der Waals surface area (Å²) in [6.45, 7) is 6.41. The molecule has 0 fully saturated rings. The lowest BCUT2D eigenvalue weighted by Crippen LogP contribution is -2.32. The number of carbonyl (C=O) groups is 4. The van der Waals surface area contributed by atoms with Crippen LogP contribution in [0.5, 0.6) is 0 Å². The van der Waals surface area contributed by atoms with Gasteiger partial charge in [-0.15, -0.1) is 11.8 Å². The van der Waals surface area contributed by atoms with Gasteiger partial charge in [0.05, 0.1) is 28.8 Å². The third kappa shape index (κ3) is 8.55. The van der Waals surface area contributed by atoms with Crippen LogP contribution >= 0.6 is 11.8 Å². The van der Waals surface area contributed by atoms with Crippen molar-refractivity contribution < 1.29 is 23.9 Å². The summed E-state index contributed by atoms with van der Waals surface area (Å²) in [4.78, 5) is 50.6. The number of anilines is 1. The fourth-order valence-electron chi connectivity index (χ4n) is 3.15. The molecule has 8 nitrogen and oxygen atoms in total. The number of rotatable bonds is 12. The zero-order valence-corrected chi connectivity index (χ0v) is 20.5. The smallest absolute Gasteiger partial charge is 0.316 e. The number of esters is 1. The quantitative estimate of drug-likeness (QED) is 0.447. The third-order valence-electron chi connectivity index (χ3n) is 5.02. The van der Waals surface area contributed by atoms with Crippen molar-refractivity contribution in [3.63, 3.8) is 0 Å². The number of hydrogen-bond acceptors (Lipinski definition) is 6. The monoisotopic (exact) mass is 485 g/mol. The number of nitrogens with one attached hydrogen (secondary N) is 2. The van der Waals surface area contributed by atoms with Crippen LogP contribution in [0.25, 0.3) is 0 Å². The van der Waals surface area contributed by atoms with Gasteiger partial charge in [-0.1, -0.05) is 42.5 Å². The molecule has 0 aliphatic rings. The fourth-order valence-corrected chi connectivity index (χ4v) is 3.86. The lowest BCUT2D eigenvalue weighted by atomic mass is 10.1. The van der Waals surface area contributed by atoms with E-state index >= 15 is 0 Å². The number of ether oxygens (including phenoxy) is 1. The van der Waals surface area contributed by atoms with Gasteiger partial charge < -0.3 is 20.3 Å². The average molecular weight is 486 g/mol. The maximum atomic E-state index is 12.8. The second-order valence-corrected chi connectivity index (χ2v) is 8.40. The van der Waals surface area contributed by atoms with E-state index in [9.17, 15) is 19.2 Å². The van der Waals surface area contributed by atoms with Crippen LogP contribution in [0.3, 0.4) is 0 Å². The van der Waals surface area contributed by atoms with E-state index in [1.165, 1.54) is 0 Å². The summed E-state index contributed by atoms with van der Waals surface area (Å²) in [5.74, 6) is -1.39. The Hall–Kier alpha value is -3.33. The Kier molecular flexibility index (Phi) is 11.1. The van der Waals surface area contributed by atoms with Gasteiger partial charge in [0, 0.05) is 13.1 Å². The third-order valence-corrected chi connectivity index (χ3v) is 5.91. The van der Waals surface area contributed by atoms with Gasteiger partial charge in [-0.3, -0.25) is 19.2 Å². The molecule has 0 spiro atoms. The molecular weight excluding hydrogens is 454 g/mol. The molecule has 0 heterocycles. The van der Waals surface area contributed by atoms with Crippen molar-refractivity contribution in [1.82, 2.24) is 10.2 Å². The Bertz CT molecular complexity index is 980. The summed E-state index contributed by atoms with van der Waals surface area (Å²) in [5.41, 5.74) is 1.58. The molecule has 1 atom stereocenters. The predicted octanol–water partition coefficient (Wildman–Crippen LogP) is 3.26. The molecule has 34 heavy (non-hydrogen) atoms. The van der Waals surface area contributed by atoms with Crippen LogP contribution in [-0.2, 0) is 19.1 Å². The Morgan fingerprint density at radius 3 is 2.26 bits per heavy atom. The van der Waals surface area contributed by atoms with Crippen molar-refractivity contribution in [3.8, 4) is 0 Å². The molecule has 0 aliphatic carbocycles. The molecule has 2 N–H and O–H groups in total. The largest absolute Gasteiger partial charge is 0.455 e. The van der Waals surface area contributed by atoms with Gasteiger partial charge in [0.15, 0.2) is 6.61 Å². The summed E-state index contributed by atoms with van der Waals surface area (Å²) in [7, 11) is 0. The van der Waals surface area contributed by atoms with Crippen LogP contribution in [0.4, 0.5) is 5.69 Å². The van der Waals surface area contributed by atoms with Gasteiger partial charge in [-0.25, -0.2) is 0 Å². The maximum absolute atomic E-state index is 12.8. The predicted molar refractivity (Wildman–Crippen MR) is 134 cm³/mol. The number of amides is 3. The lowest BCUT2D eigenvalue weighted by Gasteiger charge is -2.18. The molecule has 0 aromatic heterocycles. The minimum atomic E-state index is -0.588. The van der Waals surface area contributed by atoms with E-state index in [-0.39, 0.29) is 29.4 Å². The highest BCUT2D eigenvalue weighted by Gasteiger charge is 2.17. The molecule has 0 saturated heterocycles. The number of hydrogen-bond donors (Lipinski definition) is 2. The highest BCUT2D eigenvalue weighted by Crippen LogP contribution is 2.18. The topological polar surface area (TPSA) is 105 Å². The van der Waals surface area contributed by atoms with Gasteiger partial charge in [-0.2, -0.15) is 0 Å². The van der Waals surface area contributed by atoms with E-state index in [0.29, 0.717) is 24.3 Å². The van der Waals surface area contributed by atoms with Gasteiger partial charge in [-0.05, 0) is 38.5 Å². The maximum Gasteiger partial charge on any atom is 0.316 e. The van der Waals surface area contributed by atoms with Crippen molar-refractivity contribution in [1.29, 1.82) is 0 Å².